The zero-order chi connectivity index (χ0) is 16.3. The number of benzene rings is 1. The van der Waals surface area contributed by atoms with E-state index in [1.165, 1.54) is 18.2 Å². The van der Waals surface area contributed by atoms with Crippen molar-refractivity contribution >= 4 is 22.4 Å². The Balaban J connectivity index is 2.07. The number of anilines is 1. The topological polar surface area (TPSA) is 80.9 Å². The average Bonchev–Trinajstić information content (AvgIpc) is 2.84. The number of nitrogens with two attached hydrogens (primary N) is 1. The Bertz CT molecular complexity index is 671. The van der Waals surface area contributed by atoms with Gasteiger partial charge in [-0.25, -0.2) is 0 Å². The molecule has 0 saturated carbocycles. The molecule has 0 radical (unpaired) electrons. The van der Waals surface area contributed by atoms with Crippen LogP contribution < -0.4 is 11.1 Å². The molecule has 1 atom stereocenters. The summed E-state index contributed by atoms with van der Waals surface area (Å²) >= 11 is 1.11. The van der Waals surface area contributed by atoms with Gasteiger partial charge in [-0.3, -0.25) is 4.79 Å². The van der Waals surface area contributed by atoms with Gasteiger partial charge in [-0.1, -0.05) is 29.5 Å². The van der Waals surface area contributed by atoms with E-state index in [0.717, 1.165) is 17.4 Å². The fraction of sp³-hybridized carbons (Fsp3) is 0.308. The number of aromatic nitrogens is 2. The van der Waals surface area contributed by atoms with Crippen LogP contribution in [0.2, 0.25) is 0 Å². The lowest BCUT2D eigenvalue weighted by molar-refractivity contribution is -0.138. The van der Waals surface area contributed by atoms with E-state index in [2.05, 4.69) is 15.5 Å². The molecule has 0 fully saturated rings. The minimum atomic E-state index is -4.49. The Morgan fingerprint density at radius 1 is 1.36 bits per heavy atom. The Labute approximate surface area is 128 Å². The van der Waals surface area contributed by atoms with E-state index in [0.29, 0.717) is 5.01 Å². The van der Waals surface area contributed by atoms with E-state index in [1.54, 1.807) is 6.92 Å². The normalized spacial score (nSPS) is 12.9. The van der Waals surface area contributed by atoms with Crippen LogP contribution in [0.5, 0.6) is 0 Å². The third kappa shape index (κ3) is 3.94. The van der Waals surface area contributed by atoms with Crippen molar-refractivity contribution in [1.82, 2.24) is 15.5 Å². The summed E-state index contributed by atoms with van der Waals surface area (Å²) in [4.78, 5) is 11.9. The van der Waals surface area contributed by atoms with E-state index in [1.807, 2.05) is 0 Å². The first-order chi connectivity index (χ1) is 10.3. The number of carbonyl (C=O) groups excluding carboxylic acids is 1. The number of halogens is 3. The molecule has 2 aromatic rings. The monoisotopic (exact) mass is 330 g/mol. The van der Waals surface area contributed by atoms with Crippen molar-refractivity contribution in [3.05, 3.63) is 40.4 Å². The van der Waals surface area contributed by atoms with Crippen LogP contribution in [0, 0.1) is 0 Å². The second-order valence-corrected chi connectivity index (χ2v) is 5.64. The van der Waals surface area contributed by atoms with Crippen LogP contribution in [-0.4, -0.2) is 16.1 Å². The molecule has 0 aliphatic carbocycles. The van der Waals surface area contributed by atoms with Crippen molar-refractivity contribution in [2.75, 3.05) is 5.73 Å². The van der Waals surface area contributed by atoms with Crippen molar-refractivity contribution in [3.63, 3.8) is 0 Å². The molecular formula is C13H13F3N4OS. The second kappa shape index (κ2) is 6.30. The summed E-state index contributed by atoms with van der Waals surface area (Å²) in [6.45, 7) is 1.66. The molecule has 9 heteroatoms. The van der Waals surface area contributed by atoms with E-state index < -0.39 is 23.7 Å². The molecule has 22 heavy (non-hydrogen) atoms. The number of hydrogen-bond donors (Lipinski definition) is 2. The van der Waals surface area contributed by atoms with Gasteiger partial charge in [0.2, 0.25) is 11.0 Å². The first-order valence-electron chi connectivity index (χ1n) is 6.30. The molecule has 1 heterocycles. The van der Waals surface area contributed by atoms with Gasteiger partial charge >= 0.3 is 6.18 Å². The van der Waals surface area contributed by atoms with Crippen LogP contribution >= 0.6 is 11.3 Å². The molecule has 1 amide bonds. The van der Waals surface area contributed by atoms with Crippen molar-refractivity contribution in [2.24, 2.45) is 0 Å². The molecule has 0 saturated heterocycles. The van der Waals surface area contributed by atoms with E-state index in [9.17, 15) is 18.0 Å². The third-order valence-electron chi connectivity index (χ3n) is 2.88. The van der Waals surface area contributed by atoms with Gasteiger partial charge in [-0.05, 0) is 18.6 Å². The number of nitrogens with zero attached hydrogens (tertiary/aromatic N) is 2. The summed E-state index contributed by atoms with van der Waals surface area (Å²) in [6, 6.07) is 4.53. The zero-order valence-corrected chi connectivity index (χ0v) is 12.3. The fourth-order valence-electron chi connectivity index (χ4n) is 1.90. The number of hydrogen-bond acceptors (Lipinski definition) is 5. The summed E-state index contributed by atoms with van der Waals surface area (Å²) in [5, 5.41) is 10.7. The van der Waals surface area contributed by atoms with Crippen molar-refractivity contribution < 1.29 is 18.0 Å². The van der Waals surface area contributed by atoms with Crippen molar-refractivity contribution in [3.8, 4) is 0 Å². The predicted molar refractivity (Wildman–Crippen MR) is 76.0 cm³/mol. The molecule has 0 aliphatic heterocycles. The van der Waals surface area contributed by atoms with E-state index in [-0.39, 0.29) is 17.1 Å². The molecule has 118 valence electrons. The van der Waals surface area contributed by atoms with Crippen molar-refractivity contribution in [2.45, 2.75) is 25.6 Å². The van der Waals surface area contributed by atoms with Gasteiger partial charge in [0.25, 0.3) is 0 Å². The highest BCUT2D eigenvalue weighted by atomic mass is 32.1. The number of carbonyl (C=O) groups is 1. The van der Waals surface area contributed by atoms with Crippen LogP contribution in [0.15, 0.2) is 24.3 Å². The lowest BCUT2D eigenvalue weighted by Crippen LogP contribution is -2.28. The zero-order valence-electron chi connectivity index (χ0n) is 11.5. The van der Waals surface area contributed by atoms with Gasteiger partial charge in [-0.2, -0.15) is 13.2 Å². The highest BCUT2D eigenvalue weighted by Crippen LogP contribution is 2.32. The largest absolute Gasteiger partial charge is 0.416 e. The molecular weight excluding hydrogens is 317 g/mol. The number of nitrogens with one attached hydrogen (secondary N) is 1. The van der Waals surface area contributed by atoms with Gasteiger partial charge in [0.1, 0.15) is 5.01 Å². The van der Waals surface area contributed by atoms with Gasteiger partial charge in [0.05, 0.1) is 18.0 Å². The molecule has 0 spiro atoms. The van der Waals surface area contributed by atoms with Crippen LogP contribution in [-0.2, 0) is 17.4 Å². The average molecular weight is 330 g/mol. The Kier molecular flexibility index (Phi) is 4.65. The van der Waals surface area contributed by atoms with E-state index >= 15 is 0 Å². The predicted octanol–water partition coefficient (Wildman–Crippen LogP) is 2.56. The summed E-state index contributed by atoms with van der Waals surface area (Å²) < 4.78 is 38.6. The standard InChI is InChI=1S/C13H13F3N4OS/c1-7(11-19-20-12(17)22-11)18-10(21)6-8-4-2-3-5-9(8)13(14,15)16/h2-5,7H,6H2,1H3,(H2,17,20)(H,18,21)/t7-/m1/s1. The van der Waals surface area contributed by atoms with Gasteiger partial charge in [0.15, 0.2) is 0 Å². The molecule has 1 aromatic heterocycles. The highest BCUT2D eigenvalue weighted by Gasteiger charge is 2.33. The maximum absolute atomic E-state index is 12.9. The smallest absolute Gasteiger partial charge is 0.374 e. The number of rotatable bonds is 4. The van der Waals surface area contributed by atoms with Gasteiger partial charge in [-0.15, -0.1) is 10.2 Å². The van der Waals surface area contributed by atoms with Gasteiger partial charge in [0, 0.05) is 0 Å². The summed E-state index contributed by atoms with van der Waals surface area (Å²) in [7, 11) is 0. The summed E-state index contributed by atoms with van der Waals surface area (Å²) in [6.07, 6.45) is -4.86. The molecule has 1 aromatic carbocycles. The SMILES string of the molecule is C[C@@H](NC(=O)Cc1ccccc1C(F)(F)F)c1nnc(N)s1. The molecule has 0 unspecified atom stereocenters. The highest BCUT2D eigenvalue weighted by molar-refractivity contribution is 7.15. The minimum absolute atomic E-state index is 0.0727. The third-order valence-corrected chi connectivity index (χ3v) is 3.81. The van der Waals surface area contributed by atoms with Crippen molar-refractivity contribution in [1.29, 1.82) is 0 Å². The molecule has 5 nitrogen and oxygen atoms in total. The maximum atomic E-state index is 12.9. The lowest BCUT2D eigenvalue weighted by atomic mass is 10.0. The van der Waals surface area contributed by atoms with Crippen LogP contribution in [0.4, 0.5) is 18.3 Å². The molecule has 0 aliphatic rings. The van der Waals surface area contributed by atoms with Crippen LogP contribution in [0.25, 0.3) is 0 Å². The first kappa shape index (κ1) is 16.2. The number of alkyl halides is 3. The Morgan fingerprint density at radius 3 is 2.64 bits per heavy atom. The molecule has 2 rings (SSSR count). The Morgan fingerprint density at radius 2 is 2.05 bits per heavy atom. The molecule has 0 bridgehead atoms. The second-order valence-electron chi connectivity index (χ2n) is 4.60. The Hall–Kier alpha value is -2.16. The fourth-order valence-corrected chi connectivity index (χ4v) is 2.51. The summed E-state index contributed by atoms with van der Waals surface area (Å²) in [5.74, 6) is -0.530. The van der Waals surface area contributed by atoms with E-state index in [4.69, 9.17) is 5.73 Å². The van der Waals surface area contributed by atoms with Crippen LogP contribution in [0.1, 0.15) is 29.1 Å². The first-order valence-corrected chi connectivity index (χ1v) is 7.12. The molecule has 3 N–H and O–H groups in total. The quantitative estimate of drug-likeness (QED) is 0.903. The lowest BCUT2D eigenvalue weighted by Gasteiger charge is -2.14. The van der Waals surface area contributed by atoms with Crippen LogP contribution in [0.3, 0.4) is 0 Å². The number of amides is 1. The summed E-state index contributed by atoms with van der Waals surface area (Å²) in [5.41, 5.74) is 4.57. The maximum Gasteiger partial charge on any atom is 0.416 e. The number of nitrogen functional groups attached to an aromatic ring is 1. The van der Waals surface area contributed by atoms with Gasteiger partial charge < -0.3 is 11.1 Å². The minimum Gasteiger partial charge on any atom is -0.374 e.